The van der Waals surface area contributed by atoms with E-state index in [-0.39, 0.29) is 5.56 Å². The molecule has 2 aromatic heterocycles. The third-order valence-electron chi connectivity index (χ3n) is 2.35. The fourth-order valence-electron chi connectivity index (χ4n) is 1.56. The first-order valence-corrected chi connectivity index (χ1v) is 4.65. The number of hydrogen-bond donors (Lipinski definition) is 0. The lowest BCUT2D eigenvalue weighted by molar-refractivity contribution is 0.718. The Morgan fingerprint density at radius 3 is 3.00 bits per heavy atom. The molecule has 0 spiro atoms. The summed E-state index contributed by atoms with van der Waals surface area (Å²) < 4.78 is 3.18. The van der Waals surface area contributed by atoms with E-state index in [9.17, 15) is 4.79 Å². The number of fused-ring (bicyclic) bond motifs is 1. The molecule has 0 unspecified atom stereocenters. The number of aromatic nitrogens is 4. The Morgan fingerprint density at radius 1 is 1.60 bits per heavy atom. The van der Waals surface area contributed by atoms with Gasteiger partial charge in [0.25, 0.3) is 5.56 Å². The van der Waals surface area contributed by atoms with Crippen LogP contribution in [0.3, 0.4) is 0 Å². The van der Waals surface area contributed by atoms with E-state index >= 15 is 0 Å². The van der Waals surface area contributed by atoms with Gasteiger partial charge in [-0.05, 0) is 6.92 Å². The standard InChI is InChI=1S/C10H12N4O/c1-4-5-14-7(2)12-9-8(10(14)15)6-11-13(9)3/h4,6H,1,5H2,2-3H3. The number of aryl methyl sites for hydroxylation is 2. The third kappa shape index (κ3) is 1.36. The highest BCUT2D eigenvalue weighted by atomic mass is 16.1. The van der Waals surface area contributed by atoms with Gasteiger partial charge in [0, 0.05) is 13.6 Å². The fourth-order valence-corrected chi connectivity index (χ4v) is 1.56. The predicted octanol–water partition coefficient (Wildman–Crippen LogP) is 0.624. The van der Waals surface area contributed by atoms with Gasteiger partial charge in [0.15, 0.2) is 5.65 Å². The largest absolute Gasteiger partial charge is 0.292 e. The van der Waals surface area contributed by atoms with Crippen LogP contribution in [0.1, 0.15) is 5.82 Å². The first-order chi connectivity index (χ1) is 7.15. The van der Waals surface area contributed by atoms with E-state index in [0.717, 1.165) is 0 Å². The highest BCUT2D eigenvalue weighted by Gasteiger charge is 2.09. The summed E-state index contributed by atoms with van der Waals surface area (Å²) >= 11 is 0. The molecule has 0 atom stereocenters. The summed E-state index contributed by atoms with van der Waals surface area (Å²) in [6, 6.07) is 0. The lowest BCUT2D eigenvalue weighted by Crippen LogP contribution is -2.23. The summed E-state index contributed by atoms with van der Waals surface area (Å²) in [4.78, 5) is 16.3. The van der Waals surface area contributed by atoms with Crippen LogP contribution in [0.2, 0.25) is 0 Å². The lowest BCUT2D eigenvalue weighted by atomic mass is 10.4. The average Bonchev–Trinajstić information content (AvgIpc) is 2.55. The number of nitrogens with zero attached hydrogens (tertiary/aromatic N) is 4. The average molecular weight is 204 g/mol. The number of allylic oxidation sites excluding steroid dienone is 1. The van der Waals surface area contributed by atoms with Crippen molar-refractivity contribution >= 4 is 11.0 Å². The maximum atomic E-state index is 12.0. The molecule has 2 heterocycles. The molecule has 0 aliphatic rings. The van der Waals surface area contributed by atoms with Crippen LogP contribution in [0.25, 0.3) is 11.0 Å². The molecule has 15 heavy (non-hydrogen) atoms. The molecule has 2 rings (SSSR count). The van der Waals surface area contributed by atoms with Crippen molar-refractivity contribution in [3.05, 3.63) is 35.0 Å². The quantitative estimate of drug-likeness (QED) is 0.674. The van der Waals surface area contributed by atoms with Crippen LogP contribution in [-0.4, -0.2) is 19.3 Å². The Bertz CT molecular complexity index is 579. The van der Waals surface area contributed by atoms with E-state index in [1.807, 2.05) is 0 Å². The molecule has 0 amide bonds. The van der Waals surface area contributed by atoms with Gasteiger partial charge in [-0.25, -0.2) is 4.98 Å². The Hall–Kier alpha value is -1.91. The SMILES string of the molecule is C=CCn1c(C)nc2c(cnn2C)c1=O. The van der Waals surface area contributed by atoms with Gasteiger partial charge in [-0.2, -0.15) is 5.10 Å². The van der Waals surface area contributed by atoms with Crippen LogP contribution in [0.4, 0.5) is 0 Å². The molecule has 0 N–H and O–H groups in total. The molecule has 5 nitrogen and oxygen atoms in total. The highest BCUT2D eigenvalue weighted by Crippen LogP contribution is 2.05. The van der Waals surface area contributed by atoms with Gasteiger partial charge < -0.3 is 0 Å². The zero-order valence-corrected chi connectivity index (χ0v) is 8.77. The maximum absolute atomic E-state index is 12.0. The van der Waals surface area contributed by atoms with Crippen molar-refractivity contribution in [2.75, 3.05) is 0 Å². The summed E-state index contributed by atoms with van der Waals surface area (Å²) in [5.74, 6) is 0.677. The molecule has 0 aromatic carbocycles. The minimum atomic E-state index is -0.0644. The Morgan fingerprint density at radius 2 is 2.33 bits per heavy atom. The van der Waals surface area contributed by atoms with Crippen LogP contribution < -0.4 is 5.56 Å². The molecule has 0 radical (unpaired) electrons. The minimum absolute atomic E-state index is 0.0644. The van der Waals surface area contributed by atoms with Crippen LogP contribution in [0, 0.1) is 6.92 Å². The predicted molar refractivity (Wildman–Crippen MR) is 57.7 cm³/mol. The Labute approximate surface area is 86.7 Å². The lowest BCUT2D eigenvalue weighted by Gasteiger charge is -2.06. The van der Waals surface area contributed by atoms with E-state index in [1.165, 1.54) is 0 Å². The molecule has 78 valence electrons. The van der Waals surface area contributed by atoms with Gasteiger partial charge in [-0.3, -0.25) is 14.0 Å². The van der Waals surface area contributed by atoms with E-state index in [4.69, 9.17) is 0 Å². The molecule has 0 saturated heterocycles. The van der Waals surface area contributed by atoms with Crippen molar-refractivity contribution < 1.29 is 0 Å². The number of rotatable bonds is 2. The fraction of sp³-hybridized carbons (Fsp3) is 0.300. The number of hydrogen-bond acceptors (Lipinski definition) is 3. The van der Waals surface area contributed by atoms with Gasteiger partial charge in [0.2, 0.25) is 0 Å². The molecule has 2 aromatic rings. The van der Waals surface area contributed by atoms with Crippen molar-refractivity contribution in [3.8, 4) is 0 Å². The molecular formula is C10H12N4O. The van der Waals surface area contributed by atoms with Gasteiger partial charge in [0.05, 0.1) is 6.20 Å². The van der Waals surface area contributed by atoms with E-state index in [2.05, 4.69) is 16.7 Å². The summed E-state index contributed by atoms with van der Waals surface area (Å²) in [7, 11) is 1.77. The second kappa shape index (κ2) is 3.34. The van der Waals surface area contributed by atoms with Crippen molar-refractivity contribution in [1.29, 1.82) is 0 Å². The topological polar surface area (TPSA) is 52.7 Å². The Kier molecular flexibility index (Phi) is 2.15. The van der Waals surface area contributed by atoms with Gasteiger partial charge in [-0.15, -0.1) is 6.58 Å². The van der Waals surface area contributed by atoms with Gasteiger partial charge in [-0.1, -0.05) is 6.08 Å². The van der Waals surface area contributed by atoms with Crippen molar-refractivity contribution in [2.24, 2.45) is 7.05 Å². The minimum Gasteiger partial charge on any atom is -0.292 e. The van der Waals surface area contributed by atoms with Crippen molar-refractivity contribution in [2.45, 2.75) is 13.5 Å². The van der Waals surface area contributed by atoms with E-state index in [1.54, 1.807) is 35.5 Å². The van der Waals surface area contributed by atoms with Crippen LogP contribution >= 0.6 is 0 Å². The van der Waals surface area contributed by atoms with Crippen LogP contribution in [0.5, 0.6) is 0 Å². The van der Waals surface area contributed by atoms with E-state index < -0.39 is 0 Å². The summed E-state index contributed by atoms with van der Waals surface area (Å²) in [6.07, 6.45) is 3.22. The molecular weight excluding hydrogens is 192 g/mol. The maximum Gasteiger partial charge on any atom is 0.264 e. The van der Waals surface area contributed by atoms with Crippen molar-refractivity contribution in [3.63, 3.8) is 0 Å². The first-order valence-electron chi connectivity index (χ1n) is 4.65. The second-order valence-corrected chi connectivity index (χ2v) is 3.37. The third-order valence-corrected chi connectivity index (χ3v) is 2.35. The second-order valence-electron chi connectivity index (χ2n) is 3.37. The van der Waals surface area contributed by atoms with Crippen LogP contribution in [0.15, 0.2) is 23.6 Å². The van der Waals surface area contributed by atoms with Crippen LogP contribution in [-0.2, 0) is 13.6 Å². The smallest absolute Gasteiger partial charge is 0.264 e. The molecule has 0 aliphatic heterocycles. The molecule has 0 aliphatic carbocycles. The Balaban J connectivity index is 2.85. The molecule has 0 fully saturated rings. The highest BCUT2D eigenvalue weighted by molar-refractivity contribution is 5.73. The first kappa shape index (κ1) is 9.64. The normalized spacial score (nSPS) is 10.8. The molecule has 5 heteroatoms. The monoisotopic (exact) mass is 204 g/mol. The zero-order valence-electron chi connectivity index (χ0n) is 8.77. The van der Waals surface area contributed by atoms with Gasteiger partial charge in [0.1, 0.15) is 11.2 Å². The van der Waals surface area contributed by atoms with Gasteiger partial charge >= 0.3 is 0 Å². The summed E-state index contributed by atoms with van der Waals surface area (Å²) in [5.41, 5.74) is 0.559. The zero-order chi connectivity index (χ0) is 11.0. The summed E-state index contributed by atoms with van der Waals surface area (Å²) in [6.45, 7) is 5.89. The van der Waals surface area contributed by atoms with E-state index in [0.29, 0.717) is 23.4 Å². The molecule has 0 bridgehead atoms. The summed E-state index contributed by atoms with van der Waals surface area (Å²) in [5, 5.41) is 4.56. The van der Waals surface area contributed by atoms with Crippen molar-refractivity contribution in [1.82, 2.24) is 19.3 Å². The molecule has 0 saturated carbocycles.